The van der Waals surface area contributed by atoms with Crippen LogP contribution in [0.1, 0.15) is 22.2 Å². The van der Waals surface area contributed by atoms with E-state index in [1.807, 2.05) is 35.9 Å². The molecule has 9 heteroatoms. The predicted octanol–water partition coefficient (Wildman–Crippen LogP) is 2.07. The van der Waals surface area contributed by atoms with E-state index in [2.05, 4.69) is 15.3 Å². The second-order valence-corrected chi connectivity index (χ2v) is 6.72. The van der Waals surface area contributed by atoms with Gasteiger partial charge < -0.3 is 14.5 Å². The normalized spacial score (nSPS) is 17.1. The van der Waals surface area contributed by atoms with Crippen LogP contribution in [-0.4, -0.2) is 39.0 Å². The van der Waals surface area contributed by atoms with E-state index >= 15 is 0 Å². The molecule has 25 heavy (non-hydrogen) atoms. The van der Waals surface area contributed by atoms with Gasteiger partial charge in [0.1, 0.15) is 17.1 Å². The van der Waals surface area contributed by atoms with Crippen molar-refractivity contribution in [2.75, 3.05) is 11.5 Å². The van der Waals surface area contributed by atoms with Crippen LogP contribution in [0.25, 0.3) is 5.65 Å². The molecule has 3 aromatic heterocycles. The largest absolute Gasteiger partial charge is 0.447 e. The lowest BCUT2D eigenvalue weighted by molar-refractivity contribution is 0.0954. The molecule has 2 amide bonds. The molecular formula is C16H15N5O3S. The molecule has 1 saturated heterocycles. The maximum absolute atomic E-state index is 12.3. The Kier molecular flexibility index (Phi) is 3.85. The van der Waals surface area contributed by atoms with Gasteiger partial charge in [0.15, 0.2) is 5.13 Å². The number of anilines is 1. The molecule has 1 N–H and O–H groups in total. The fraction of sp³-hybridized carbons (Fsp3) is 0.250. The number of nitrogens with one attached hydrogen (secondary N) is 1. The zero-order valence-corrected chi connectivity index (χ0v) is 14.2. The Morgan fingerprint density at radius 1 is 1.44 bits per heavy atom. The van der Waals surface area contributed by atoms with E-state index in [1.165, 1.54) is 22.4 Å². The number of hydrogen-bond acceptors (Lipinski definition) is 6. The predicted molar refractivity (Wildman–Crippen MR) is 91.8 cm³/mol. The highest BCUT2D eigenvalue weighted by molar-refractivity contribution is 7.17. The Morgan fingerprint density at radius 2 is 2.32 bits per heavy atom. The third-order valence-electron chi connectivity index (χ3n) is 3.92. The summed E-state index contributed by atoms with van der Waals surface area (Å²) in [4.78, 5) is 34.4. The molecule has 0 radical (unpaired) electrons. The van der Waals surface area contributed by atoms with E-state index in [9.17, 15) is 9.59 Å². The van der Waals surface area contributed by atoms with E-state index in [1.54, 1.807) is 6.20 Å². The third-order valence-corrected chi connectivity index (χ3v) is 4.92. The molecule has 3 aromatic rings. The van der Waals surface area contributed by atoms with Crippen molar-refractivity contribution < 1.29 is 14.3 Å². The van der Waals surface area contributed by atoms with E-state index in [0.717, 1.165) is 11.2 Å². The van der Waals surface area contributed by atoms with Crippen LogP contribution in [0.5, 0.6) is 0 Å². The van der Waals surface area contributed by atoms with Gasteiger partial charge in [-0.1, -0.05) is 11.3 Å². The fourth-order valence-electron chi connectivity index (χ4n) is 2.60. The van der Waals surface area contributed by atoms with Gasteiger partial charge in [0.05, 0.1) is 12.2 Å². The minimum absolute atomic E-state index is 0.0872. The van der Waals surface area contributed by atoms with E-state index in [-0.39, 0.29) is 11.9 Å². The SMILES string of the molecule is C[C@@H]1COC(=O)N1c1ncc(C(=O)NCc2ccn3ccnc3c2)s1. The summed E-state index contributed by atoms with van der Waals surface area (Å²) in [5.74, 6) is -0.229. The number of amides is 2. The van der Waals surface area contributed by atoms with Gasteiger partial charge in [-0.15, -0.1) is 0 Å². The van der Waals surface area contributed by atoms with E-state index < -0.39 is 6.09 Å². The second kappa shape index (κ2) is 6.17. The molecule has 1 aliphatic rings. The zero-order valence-electron chi connectivity index (χ0n) is 13.4. The number of thiazole rings is 1. The number of hydrogen-bond donors (Lipinski definition) is 1. The average molecular weight is 357 g/mol. The molecule has 1 fully saturated rings. The van der Waals surface area contributed by atoms with Crippen molar-refractivity contribution in [2.24, 2.45) is 0 Å². The van der Waals surface area contributed by atoms with Gasteiger partial charge in [0.2, 0.25) is 0 Å². The highest BCUT2D eigenvalue weighted by Crippen LogP contribution is 2.27. The van der Waals surface area contributed by atoms with E-state index in [0.29, 0.717) is 23.2 Å². The maximum Gasteiger partial charge on any atom is 0.416 e. The number of pyridine rings is 1. The van der Waals surface area contributed by atoms with Crippen molar-refractivity contribution in [1.82, 2.24) is 19.7 Å². The summed E-state index contributed by atoms with van der Waals surface area (Å²) in [6, 6.07) is 3.76. The fourth-order valence-corrected chi connectivity index (χ4v) is 3.52. The van der Waals surface area contributed by atoms with Gasteiger partial charge in [-0.05, 0) is 24.6 Å². The minimum Gasteiger partial charge on any atom is -0.447 e. The average Bonchev–Trinajstić information content (AvgIpc) is 3.32. The number of carbonyl (C=O) groups excluding carboxylic acids is 2. The Hall–Kier alpha value is -2.94. The third kappa shape index (κ3) is 2.93. The van der Waals surface area contributed by atoms with Crippen LogP contribution in [-0.2, 0) is 11.3 Å². The molecule has 0 aliphatic carbocycles. The first-order chi connectivity index (χ1) is 12.1. The zero-order chi connectivity index (χ0) is 17.4. The first-order valence-corrected chi connectivity index (χ1v) is 8.55. The van der Waals surface area contributed by atoms with Crippen LogP contribution in [0.4, 0.5) is 9.93 Å². The van der Waals surface area contributed by atoms with Crippen molar-refractivity contribution in [2.45, 2.75) is 19.5 Å². The minimum atomic E-state index is -0.429. The second-order valence-electron chi connectivity index (χ2n) is 5.71. The van der Waals surface area contributed by atoms with Gasteiger partial charge in [-0.2, -0.15) is 0 Å². The summed E-state index contributed by atoms with van der Waals surface area (Å²) in [7, 11) is 0. The first-order valence-electron chi connectivity index (χ1n) is 7.73. The summed E-state index contributed by atoms with van der Waals surface area (Å²) in [5, 5.41) is 3.33. The Morgan fingerprint density at radius 3 is 3.12 bits per heavy atom. The van der Waals surface area contributed by atoms with Gasteiger partial charge >= 0.3 is 6.09 Å². The number of imidazole rings is 1. The van der Waals surface area contributed by atoms with Crippen molar-refractivity contribution in [3.63, 3.8) is 0 Å². The molecule has 4 rings (SSSR count). The standard InChI is InChI=1S/C16H15N5O3S/c1-10-9-24-16(23)21(10)15-19-8-12(25-15)14(22)18-7-11-2-4-20-5-3-17-13(20)6-11/h2-6,8,10H,7,9H2,1H3,(H,18,22)/t10-/m1/s1. The number of rotatable bonds is 4. The Balaban J connectivity index is 1.43. The summed E-state index contributed by atoms with van der Waals surface area (Å²) in [5.41, 5.74) is 1.78. The van der Waals surface area contributed by atoms with Crippen molar-refractivity contribution in [3.8, 4) is 0 Å². The number of ether oxygens (including phenoxy) is 1. The lowest BCUT2D eigenvalue weighted by Crippen LogP contribution is -2.30. The van der Waals surface area contributed by atoms with Crippen molar-refractivity contribution in [1.29, 1.82) is 0 Å². The molecule has 8 nitrogen and oxygen atoms in total. The molecule has 0 unspecified atom stereocenters. The number of cyclic esters (lactones) is 1. The number of fused-ring (bicyclic) bond motifs is 1. The van der Waals surface area contributed by atoms with E-state index in [4.69, 9.17) is 4.74 Å². The quantitative estimate of drug-likeness (QED) is 0.772. The molecular weight excluding hydrogens is 342 g/mol. The topological polar surface area (TPSA) is 88.8 Å². The molecule has 0 saturated carbocycles. The van der Waals surface area contributed by atoms with Crippen LogP contribution in [0.15, 0.2) is 36.9 Å². The molecule has 4 heterocycles. The summed E-state index contributed by atoms with van der Waals surface area (Å²) in [6.45, 7) is 2.59. The molecule has 0 bridgehead atoms. The highest BCUT2D eigenvalue weighted by atomic mass is 32.1. The lowest BCUT2D eigenvalue weighted by atomic mass is 10.2. The van der Waals surface area contributed by atoms with Crippen LogP contribution in [0, 0.1) is 0 Å². The Bertz CT molecular complexity index is 950. The molecule has 128 valence electrons. The molecule has 0 spiro atoms. The summed E-state index contributed by atoms with van der Waals surface area (Å²) < 4.78 is 6.88. The van der Waals surface area contributed by atoms with Gasteiger partial charge in [-0.3, -0.25) is 4.79 Å². The molecule has 1 atom stereocenters. The molecule has 1 aliphatic heterocycles. The lowest BCUT2D eigenvalue weighted by Gasteiger charge is -2.13. The monoisotopic (exact) mass is 357 g/mol. The smallest absolute Gasteiger partial charge is 0.416 e. The van der Waals surface area contributed by atoms with Crippen LogP contribution < -0.4 is 10.2 Å². The summed E-state index contributed by atoms with van der Waals surface area (Å²) in [6.07, 6.45) is 6.53. The van der Waals surface area contributed by atoms with Gasteiger partial charge in [0.25, 0.3) is 5.91 Å². The maximum atomic E-state index is 12.3. The van der Waals surface area contributed by atoms with Crippen molar-refractivity contribution in [3.05, 3.63) is 47.4 Å². The number of carbonyl (C=O) groups is 2. The molecule has 0 aromatic carbocycles. The first kappa shape index (κ1) is 15.6. The van der Waals surface area contributed by atoms with Gasteiger partial charge in [0, 0.05) is 25.1 Å². The summed E-state index contributed by atoms with van der Waals surface area (Å²) >= 11 is 1.17. The van der Waals surface area contributed by atoms with Gasteiger partial charge in [-0.25, -0.2) is 19.7 Å². The Labute approximate surface area is 147 Å². The van der Waals surface area contributed by atoms with Crippen LogP contribution >= 0.6 is 11.3 Å². The number of nitrogens with zero attached hydrogens (tertiary/aromatic N) is 4. The highest BCUT2D eigenvalue weighted by Gasteiger charge is 2.33. The van der Waals surface area contributed by atoms with Crippen molar-refractivity contribution >= 4 is 34.1 Å². The van der Waals surface area contributed by atoms with Crippen LogP contribution in [0.2, 0.25) is 0 Å². The van der Waals surface area contributed by atoms with Crippen LogP contribution in [0.3, 0.4) is 0 Å². The number of aromatic nitrogens is 3.